The van der Waals surface area contributed by atoms with Crippen LogP contribution in [0.5, 0.6) is 0 Å². The van der Waals surface area contributed by atoms with Crippen LogP contribution >= 0.6 is 0 Å². The number of epoxide rings is 1. The number of ether oxygens (including phenoxy) is 1. The van der Waals surface area contributed by atoms with E-state index in [1.165, 1.54) is 36.8 Å². The van der Waals surface area contributed by atoms with Gasteiger partial charge in [0.05, 0.1) is 12.2 Å². The molecule has 0 unspecified atom stereocenters. The molecular formula is C15H22O. The maximum Gasteiger partial charge on any atom is 0.0876 e. The monoisotopic (exact) mass is 218 g/mol. The van der Waals surface area contributed by atoms with Crippen LogP contribution in [0.4, 0.5) is 0 Å². The molecule has 0 bridgehead atoms. The van der Waals surface area contributed by atoms with Crippen molar-refractivity contribution in [2.24, 2.45) is 17.3 Å². The lowest BCUT2D eigenvalue weighted by Gasteiger charge is -2.44. The van der Waals surface area contributed by atoms with Gasteiger partial charge in [0, 0.05) is 0 Å². The van der Waals surface area contributed by atoms with Gasteiger partial charge in [-0.3, -0.25) is 0 Å². The Hall–Kier alpha value is -0.560. The van der Waals surface area contributed by atoms with E-state index in [0.29, 0.717) is 29.5 Å². The fraction of sp³-hybridized carbons (Fsp3) is 0.733. The molecule has 16 heavy (non-hydrogen) atoms. The van der Waals surface area contributed by atoms with Crippen molar-refractivity contribution in [3.05, 3.63) is 24.3 Å². The summed E-state index contributed by atoms with van der Waals surface area (Å²) in [6.45, 7) is 13.1. The largest absolute Gasteiger partial charge is 0.369 e. The number of hydrogen-bond acceptors (Lipinski definition) is 1. The van der Waals surface area contributed by atoms with Gasteiger partial charge in [-0.05, 0) is 49.9 Å². The molecule has 2 aliphatic carbocycles. The molecule has 0 aromatic carbocycles. The summed E-state index contributed by atoms with van der Waals surface area (Å²) < 4.78 is 5.67. The van der Waals surface area contributed by atoms with Crippen LogP contribution in [0.15, 0.2) is 24.3 Å². The lowest BCUT2D eigenvalue weighted by atomic mass is 9.61. The third kappa shape index (κ3) is 1.27. The van der Waals surface area contributed by atoms with E-state index in [1.807, 2.05) is 0 Å². The van der Waals surface area contributed by atoms with Gasteiger partial charge in [0.25, 0.3) is 0 Å². The predicted molar refractivity (Wildman–Crippen MR) is 66.2 cm³/mol. The number of hydrogen-bond donors (Lipinski definition) is 0. The molecule has 1 heteroatoms. The molecule has 0 N–H and O–H groups in total. The number of fused-ring (bicyclic) bond motifs is 1. The van der Waals surface area contributed by atoms with E-state index < -0.39 is 0 Å². The summed E-state index contributed by atoms with van der Waals surface area (Å²) in [6.07, 6.45) is 6.05. The Balaban J connectivity index is 1.87. The van der Waals surface area contributed by atoms with Crippen molar-refractivity contribution in [2.75, 3.05) is 0 Å². The topological polar surface area (TPSA) is 12.5 Å². The molecule has 88 valence electrons. The molecule has 3 fully saturated rings. The fourth-order valence-electron chi connectivity index (χ4n) is 4.06. The first-order valence-electron chi connectivity index (χ1n) is 6.54. The van der Waals surface area contributed by atoms with E-state index in [2.05, 4.69) is 27.0 Å². The van der Waals surface area contributed by atoms with Crippen molar-refractivity contribution in [1.29, 1.82) is 0 Å². The van der Waals surface area contributed by atoms with Gasteiger partial charge in [0.15, 0.2) is 0 Å². The average Bonchev–Trinajstić information content (AvgIpc) is 2.93. The third-order valence-corrected chi connectivity index (χ3v) is 5.36. The molecule has 0 radical (unpaired) electrons. The highest BCUT2D eigenvalue weighted by molar-refractivity contribution is 5.26. The van der Waals surface area contributed by atoms with E-state index in [-0.39, 0.29) is 0 Å². The quantitative estimate of drug-likeness (QED) is 0.483. The first-order chi connectivity index (χ1) is 7.54. The second kappa shape index (κ2) is 3.22. The summed E-state index contributed by atoms with van der Waals surface area (Å²) >= 11 is 0. The normalized spacial score (nSPS) is 50.5. The summed E-state index contributed by atoms with van der Waals surface area (Å²) in [5.74, 6) is 1.39. The van der Waals surface area contributed by atoms with Crippen molar-refractivity contribution in [2.45, 2.75) is 51.7 Å². The molecule has 1 spiro atoms. The van der Waals surface area contributed by atoms with Crippen LogP contribution in [0.3, 0.4) is 0 Å². The highest BCUT2D eigenvalue weighted by atomic mass is 16.6. The number of rotatable bonds is 1. The molecule has 2 saturated carbocycles. The summed E-state index contributed by atoms with van der Waals surface area (Å²) in [5.41, 5.74) is 3.24. The lowest BCUT2D eigenvalue weighted by Crippen LogP contribution is -2.36. The molecule has 1 heterocycles. The van der Waals surface area contributed by atoms with Gasteiger partial charge >= 0.3 is 0 Å². The molecule has 3 rings (SSSR count). The first-order valence-corrected chi connectivity index (χ1v) is 6.54. The summed E-state index contributed by atoms with van der Waals surface area (Å²) in [4.78, 5) is 0. The van der Waals surface area contributed by atoms with Gasteiger partial charge in [0.1, 0.15) is 0 Å². The Morgan fingerprint density at radius 2 is 2.19 bits per heavy atom. The summed E-state index contributed by atoms with van der Waals surface area (Å²) in [7, 11) is 0. The minimum absolute atomic E-state index is 0.384. The Kier molecular flexibility index (Phi) is 2.13. The Morgan fingerprint density at radius 1 is 1.44 bits per heavy atom. The zero-order chi connectivity index (χ0) is 11.5. The zero-order valence-electron chi connectivity index (χ0n) is 10.5. The minimum Gasteiger partial charge on any atom is -0.369 e. The van der Waals surface area contributed by atoms with E-state index in [1.54, 1.807) is 0 Å². The predicted octanol–water partition coefficient (Wildman–Crippen LogP) is 3.71. The zero-order valence-corrected chi connectivity index (χ0v) is 10.5. The smallest absolute Gasteiger partial charge is 0.0876 e. The fourth-order valence-corrected chi connectivity index (χ4v) is 4.06. The standard InChI is InChI=1S/C15H22O/c1-9(2)12-6-5-10(3)15(7-12)8-13-14(16-13)11(15)4/h11-14H,1,3,5-8H2,2,4H3/t11-,12+,13+,14-,15-/m0/s1. The second-order valence-corrected chi connectivity index (χ2v) is 6.18. The average molecular weight is 218 g/mol. The number of allylic oxidation sites excluding steroid dienone is 2. The van der Waals surface area contributed by atoms with Crippen molar-refractivity contribution in [3.63, 3.8) is 0 Å². The van der Waals surface area contributed by atoms with E-state index in [9.17, 15) is 0 Å². The second-order valence-electron chi connectivity index (χ2n) is 6.18. The molecule has 1 nitrogen and oxygen atoms in total. The van der Waals surface area contributed by atoms with Gasteiger partial charge in [-0.2, -0.15) is 0 Å². The van der Waals surface area contributed by atoms with Gasteiger partial charge in [0.2, 0.25) is 0 Å². The molecule has 1 saturated heterocycles. The van der Waals surface area contributed by atoms with Gasteiger partial charge < -0.3 is 4.74 Å². The summed E-state index contributed by atoms with van der Waals surface area (Å²) in [5, 5.41) is 0. The SMILES string of the molecule is C=C(C)[C@@H]1CCC(=C)[C@]2(C1)C[C@H]1O[C@H]1[C@@H]2C. The summed E-state index contributed by atoms with van der Waals surface area (Å²) in [6, 6.07) is 0. The maximum atomic E-state index is 5.67. The minimum atomic E-state index is 0.384. The molecule has 1 aliphatic heterocycles. The van der Waals surface area contributed by atoms with Crippen molar-refractivity contribution < 1.29 is 4.74 Å². The van der Waals surface area contributed by atoms with Crippen LogP contribution in [-0.4, -0.2) is 12.2 Å². The first kappa shape index (κ1) is 10.6. The highest BCUT2D eigenvalue weighted by Gasteiger charge is 2.62. The Morgan fingerprint density at radius 3 is 2.75 bits per heavy atom. The van der Waals surface area contributed by atoms with E-state index >= 15 is 0 Å². The lowest BCUT2D eigenvalue weighted by molar-refractivity contribution is 0.0982. The molecule has 5 atom stereocenters. The van der Waals surface area contributed by atoms with Crippen LogP contribution in [0.1, 0.15) is 39.5 Å². The van der Waals surface area contributed by atoms with Crippen LogP contribution < -0.4 is 0 Å². The molecule has 0 aromatic heterocycles. The Bertz CT molecular complexity index is 356. The van der Waals surface area contributed by atoms with E-state index in [4.69, 9.17) is 4.74 Å². The molecular weight excluding hydrogens is 196 g/mol. The van der Waals surface area contributed by atoms with Crippen LogP contribution in [0.2, 0.25) is 0 Å². The van der Waals surface area contributed by atoms with Crippen molar-refractivity contribution in [1.82, 2.24) is 0 Å². The molecule has 3 aliphatic rings. The highest BCUT2D eigenvalue weighted by Crippen LogP contribution is 2.63. The van der Waals surface area contributed by atoms with Gasteiger partial charge in [-0.15, -0.1) is 0 Å². The Labute approximate surface area is 98.6 Å². The molecule has 0 amide bonds. The van der Waals surface area contributed by atoms with Crippen molar-refractivity contribution >= 4 is 0 Å². The van der Waals surface area contributed by atoms with E-state index in [0.717, 1.165) is 0 Å². The van der Waals surface area contributed by atoms with Crippen LogP contribution in [-0.2, 0) is 4.74 Å². The van der Waals surface area contributed by atoms with Crippen LogP contribution in [0.25, 0.3) is 0 Å². The maximum absolute atomic E-state index is 5.67. The third-order valence-electron chi connectivity index (χ3n) is 5.36. The van der Waals surface area contributed by atoms with Crippen LogP contribution in [0, 0.1) is 17.3 Å². The molecule has 0 aromatic rings. The van der Waals surface area contributed by atoms with Gasteiger partial charge in [-0.25, -0.2) is 0 Å². The van der Waals surface area contributed by atoms with Crippen molar-refractivity contribution in [3.8, 4) is 0 Å². The van der Waals surface area contributed by atoms with Gasteiger partial charge in [-0.1, -0.05) is 31.2 Å².